The van der Waals surface area contributed by atoms with Crippen molar-refractivity contribution in [3.63, 3.8) is 0 Å². The van der Waals surface area contributed by atoms with E-state index < -0.39 is 0 Å². The zero-order valence-electron chi connectivity index (χ0n) is 12.2. The molecule has 0 aliphatic heterocycles. The summed E-state index contributed by atoms with van der Waals surface area (Å²) in [4.78, 5) is 8.16. The molecule has 0 amide bonds. The molecule has 0 atom stereocenters. The number of hydrogen-bond donors (Lipinski definition) is 0. The number of hydrogen-bond acceptors (Lipinski definition) is 2. The van der Waals surface area contributed by atoms with Crippen LogP contribution in [0.15, 0.2) is 36.7 Å². The van der Waals surface area contributed by atoms with E-state index in [0.717, 1.165) is 11.4 Å². The first kappa shape index (κ1) is 25.2. The molecule has 0 aromatic carbocycles. The van der Waals surface area contributed by atoms with E-state index in [-0.39, 0.29) is 0 Å². The van der Waals surface area contributed by atoms with Crippen LogP contribution in [0.2, 0.25) is 0 Å². The zero-order chi connectivity index (χ0) is 16.7. The maximum atomic E-state index is 4.27. The van der Waals surface area contributed by atoms with Crippen LogP contribution in [0.25, 0.3) is 0 Å². The summed E-state index contributed by atoms with van der Waals surface area (Å²) in [5, 5.41) is 0. The Bertz CT molecular complexity index is 466. The van der Waals surface area contributed by atoms with Crippen LogP contribution in [-0.2, 0) is 0 Å². The van der Waals surface area contributed by atoms with E-state index >= 15 is 0 Å². The van der Waals surface area contributed by atoms with E-state index in [1.807, 2.05) is 45.2 Å². The number of halogens is 5. The molecule has 0 radical (unpaired) electrons. The Kier molecular flexibility index (Phi) is 21.9. The third kappa shape index (κ3) is 16.6. The number of aromatic nitrogens is 2. The van der Waals surface area contributed by atoms with Crippen molar-refractivity contribution in [2.75, 3.05) is 0 Å². The van der Waals surface area contributed by atoms with Crippen molar-refractivity contribution in [2.24, 2.45) is 0 Å². The molecule has 0 fully saturated rings. The molecule has 2 aromatic rings. The standard InChI is InChI=1S/C8H11N.C6H7N.I3.I2/c1-6-4-5-7(2)9-8(6)3;1-6-3-2-4-7-5-6;1-3-2;1-2/h4-5H,1-3H3;2-5H,1H3;;/q;;-1;. The van der Waals surface area contributed by atoms with E-state index in [2.05, 4.69) is 97.4 Å². The zero-order valence-corrected chi connectivity index (χ0v) is 23.0. The molecule has 0 aliphatic rings. The molecule has 2 aromatic heterocycles. The van der Waals surface area contributed by atoms with Crippen molar-refractivity contribution in [1.82, 2.24) is 9.97 Å². The number of aryl methyl sites for hydroxylation is 4. The van der Waals surface area contributed by atoms with Crippen molar-refractivity contribution in [3.8, 4) is 0 Å². The van der Waals surface area contributed by atoms with Gasteiger partial charge in [-0.15, -0.1) is 0 Å². The first-order valence-corrected chi connectivity index (χ1v) is 24.7. The Morgan fingerprint density at radius 1 is 0.952 bits per heavy atom. The fraction of sp³-hybridized carbons (Fsp3) is 0.286. The Morgan fingerprint density at radius 2 is 1.52 bits per heavy atom. The molecule has 0 spiro atoms. The molecule has 0 N–H and O–H groups in total. The third-order valence-electron chi connectivity index (χ3n) is 2.30. The normalized spacial score (nSPS) is 8.38. The van der Waals surface area contributed by atoms with Crippen molar-refractivity contribution in [2.45, 2.75) is 27.7 Å². The molecule has 0 aliphatic carbocycles. The summed E-state index contributed by atoms with van der Waals surface area (Å²) in [6.45, 7) is 8.13. The fourth-order valence-corrected chi connectivity index (χ4v) is 1.20. The molecule has 21 heavy (non-hydrogen) atoms. The predicted molar refractivity (Wildman–Crippen MR) is 124 cm³/mol. The molecular formula is C14H18I5N2-. The summed E-state index contributed by atoms with van der Waals surface area (Å²) in [6.07, 6.45) is 3.60. The molecule has 2 nitrogen and oxygen atoms in total. The summed E-state index contributed by atoms with van der Waals surface area (Å²) >= 11 is 9.54. The van der Waals surface area contributed by atoms with Crippen LogP contribution in [-0.4, -0.2) is 9.97 Å². The van der Waals surface area contributed by atoms with Gasteiger partial charge in [0.05, 0.1) is 0 Å². The van der Waals surface area contributed by atoms with Crippen LogP contribution in [0.5, 0.6) is 0 Å². The van der Waals surface area contributed by atoms with Gasteiger partial charge in [0.15, 0.2) is 0 Å². The summed E-state index contributed by atoms with van der Waals surface area (Å²) in [5.74, 6) is 0. The minimum atomic E-state index is 0.530. The van der Waals surface area contributed by atoms with Gasteiger partial charge >= 0.3 is 50.5 Å². The van der Waals surface area contributed by atoms with Crippen molar-refractivity contribution < 1.29 is 13.3 Å². The van der Waals surface area contributed by atoms with Crippen LogP contribution >= 0.6 is 74.5 Å². The van der Waals surface area contributed by atoms with E-state index in [4.69, 9.17) is 0 Å². The second-order valence-electron chi connectivity index (χ2n) is 3.94. The Labute approximate surface area is 181 Å². The molecule has 7 heteroatoms. The van der Waals surface area contributed by atoms with E-state index in [1.165, 1.54) is 11.1 Å². The molecule has 2 heterocycles. The van der Waals surface area contributed by atoms with Crippen LogP contribution in [0.1, 0.15) is 22.5 Å². The van der Waals surface area contributed by atoms with Crippen LogP contribution in [0.3, 0.4) is 0 Å². The van der Waals surface area contributed by atoms with Crippen molar-refractivity contribution >= 4 is 74.5 Å². The monoisotopic (exact) mass is 849 g/mol. The minimum absolute atomic E-state index is 0.530. The molecule has 2 rings (SSSR count). The first-order chi connectivity index (χ1) is 10.0. The summed E-state index contributed by atoms with van der Waals surface area (Å²) in [6, 6.07) is 8.07. The maximum absolute atomic E-state index is 4.27. The second kappa shape index (κ2) is 18.3. The first-order valence-electron chi connectivity index (χ1n) is 5.80. The Hall–Kier alpha value is 1.95. The molecule has 120 valence electrons. The van der Waals surface area contributed by atoms with Gasteiger partial charge in [0.1, 0.15) is 0 Å². The average Bonchev–Trinajstić information content (AvgIpc) is 2.48. The van der Waals surface area contributed by atoms with Gasteiger partial charge in [0.25, 0.3) is 0 Å². The van der Waals surface area contributed by atoms with Gasteiger partial charge in [-0.25, -0.2) is 0 Å². The molecule has 0 unspecified atom stereocenters. The van der Waals surface area contributed by atoms with E-state index in [1.54, 1.807) is 6.20 Å². The van der Waals surface area contributed by atoms with E-state index in [9.17, 15) is 0 Å². The van der Waals surface area contributed by atoms with Gasteiger partial charge in [-0.2, -0.15) is 0 Å². The molecule has 0 saturated carbocycles. The number of pyridine rings is 2. The average molecular weight is 849 g/mol. The van der Waals surface area contributed by atoms with Crippen LogP contribution < -0.4 is 13.3 Å². The Morgan fingerprint density at radius 3 is 1.81 bits per heavy atom. The van der Waals surface area contributed by atoms with Gasteiger partial charge in [-0.05, 0) is 51.0 Å². The van der Waals surface area contributed by atoms with Gasteiger partial charge in [0.2, 0.25) is 0 Å². The van der Waals surface area contributed by atoms with Crippen LogP contribution in [0.4, 0.5) is 0 Å². The number of rotatable bonds is 0. The van der Waals surface area contributed by atoms with Crippen LogP contribution in [0, 0.1) is 27.7 Å². The van der Waals surface area contributed by atoms with Gasteiger partial charge in [-0.3, -0.25) is 9.97 Å². The molecule has 0 saturated heterocycles. The van der Waals surface area contributed by atoms with E-state index in [0.29, 0.717) is 13.3 Å². The van der Waals surface area contributed by atoms with Crippen molar-refractivity contribution in [1.29, 1.82) is 0 Å². The van der Waals surface area contributed by atoms with Crippen molar-refractivity contribution in [3.05, 3.63) is 59.2 Å². The molecular weight excluding hydrogens is 831 g/mol. The van der Waals surface area contributed by atoms with Gasteiger partial charge < -0.3 is 0 Å². The number of nitrogens with zero attached hydrogens (tertiary/aromatic N) is 2. The fourth-order valence-electron chi connectivity index (χ4n) is 1.20. The van der Waals surface area contributed by atoms with Gasteiger partial charge in [0, 0.05) is 61.0 Å². The summed E-state index contributed by atoms with van der Waals surface area (Å²) < 4.78 is 0. The SMILES string of the molecule is Cc1ccc(C)c(C)n1.Cc1cccnc1.II.I[I-]I. The van der Waals surface area contributed by atoms with Gasteiger partial charge in [-0.1, -0.05) is 12.1 Å². The molecule has 0 bridgehead atoms. The second-order valence-corrected chi connectivity index (χ2v) is 20.2. The predicted octanol–water partition coefficient (Wildman–Crippen LogP) is 3.94. The summed E-state index contributed by atoms with van der Waals surface area (Å²) in [5.41, 5.74) is 4.70. The quantitative estimate of drug-likeness (QED) is 0.376. The topological polar surface area (TPSA) is 25.8 Å². The third-order valence-corrected chi connectivity index (χ3v) is 2.30. The Balaban J connectivity index is 0. The summed E-state index contributed by atoms with van der Waals surface area (Å²) in [7, 11) is 0.